The molecule has 5 rings (SSSR count). The van der Waals surface area contributed by atoms with Gasteiger partial charge in [-0.2, -0.15) is 0 Å². The highest BCUT2D eigenvalue weighted by molar-refractivity contribution is 6.10. The van der Waals surface area contributed by atoms with Gasteiger partial charge in [0, 0.05) is 23.2 Å². The molecule has 1 aliphatic carbocycles. The van der Waals surface area contributed by atoms with Gasteiger partial charge in [0.25, 0.3) is 0 Å². The number of aromatic hydroxyl groups is 1. The summed E-state index contributed by atoms with van der Waals surface area (Å²) in [7, 11) is 1.63. The number of carbonyl (C=O) groups excluding carboxylic acids is 1. The molecule has 0 saturated heterocycles. The lowest BCUT2D eigenvalue weighted by molar-refractivity contribution is -0.123. The maximum atomic E-state index is 13.9. The number of para-hydroxylation sites is 1. The number of phenols is 1. The fourth-order valence-corrected chi connectivity index (χ4v) is 5.39. The Bertz CT molecular complexity index is 1280. The van der Waals surface area contributed by atoms with Crippen molar-refractivity contribution in [2.45, 2.75) is 37.6 Å². The van der Waals surface area contributed by atoms with E-state index < -0.39 is 5.41 Å². The Morgan fingerprint density at radius 3 is 2.49 bits per heavy atom. The molecular weight excluding hydrogens is 438 g/mol. The van der Waals surface area contributed by atoms with Gasteiger partial charge in [0.1, 0.15) is 11.5 Å². The average Bonchev–Trinajstić information content (AvgIpc) is 3.46. The Hall–Kier alpha value is -4.06. The molecular formula is C29H29N3O3. The minimum Gasteiger partial charge on any atom is -0.506 e. The Morgan fingerprint density at radius 2 is 1.83 bits per heavy atom. The van der Waals surface area contributed by atoms with E-state index in [0.29, 0.717) is 17.9 Å². The molecule has 1 aliphatic heterocycles. The number of phenolic OH excluding ortho intramolecular Hbond substituents is 1. The van der Waals surface area contributed by atoms with E-state index in [9.17, 15) is 9.90 Å². The number of carbonyl (C=O) groups is 1. The summed E-state index contributed by atoms with van der Waals surface area (Å²) < 4.78 is 5.26. The van der Waals surface area contributed by atoms with E-state index in [4.69, 9.17) is 10.1 Å². The Labute approximate surface area is 205 Å². The van der Waals surface area contributed by atoms with E-state index in [1.807, 2.05) is 60.7 Å². The van der Waals surface area contributed by atoms with Crippen molar-refractivity contribution in [1.82, 2.24) is 0 Å². The van der Waals surface area contributed by atoms with Crippen LogP contribution in [0.15, 0.2) is 72.8 Å². The summed E-state index contributed by atoms with van der Waals surface area (Å²) >= 11 is 0. The van der Waals surface area contributed by atoms with Crippen LogP contribution in [-0.4, -0.2) is 24.3 Å². The van der Waals surface area contributed by atoms with E-state index in [1.165, 1.54) is 6.21 Å². The van der Waals surface area contributed by atoms with Gasteiger partial charge in [0.2, 0.25) is 5.91 Å². The van der Waals surface area contributed by atoms with Gasteiger partial charge in [-0.15, -0.1) is 0 Å². The summed E-state index contributed by atoms with van der Waals surface area (Å²) in [5.74, 6) is 0.897. The molecule has 0 aromatic heterocycles. The van der Waals surface area contributed by atoms with Crippen LogP contribution in [0, 0.1) is 5.41 Å². The maximum absolute atomic E-state index is 13.9. The van der Waals surface area contributed by atoms with Crippen molar-refractivity contribution in [3.8, 4) is 11.5 Å². The summed E-state index contributed by atoms with van der Waals surface area (Å²) in [6.07, 6.45) is 6.41. The number of amides is 1. The molecule has 6 heteroatoms. The van der Waals surface area contributed by atoms with Gasteiger partial charge in [0.15, 0.2) is 0 Å². The third-order valence-corrected chi connectivity index (χ3v) is 7.10. The molecule has 1 amide bonds. The van der Waals surface area contributed by atoms with Crippen molar-refractivity contribution in [3.05, 3.63) is 89.5 Å². The van der Waals surface area contributed by atoms with Crippen LogP contribution in [0.3, 0.4) is 0 Å². The van der Waals surface area contributed by atoms with Crippen LogP contribution in [0.4, 0.5) is 11.4 Å². The second-order valence-electron chi connectivity index (χ2n) is 9.16. The second kappa shape index (κ2) is 9.29. The quantitative estimate of drug-likeness (QED) is 0.380. The van der Waals surface area contributed by atoms with Gasteiger partial charge in [-0.25, -0.2) is 0 Å². The number of rotatable bonds is 7. The zero-order chi connectivity index (χ0) is 24.4. The number of allylic oxidation sites excluding steroid dienone is 1. The van der Waals surface area contributed by atoms with Gasteiger partial charge in [0.05, 0.1) is 24.8 Å². The summed E-state index contributed by atoms with van der Waals surface area (Å²) in [5, 5.41) is 22.3. The predicted octanol–water partition coefficient (Wildman–Crippen LogP) is 5.86. The van der Waals surface area contributed by atoms with Crippen LogP contribution in [0.5, 0.6) is 11.5 Å². The average molecular weight is 468 g/mol. The molecule has 3 N–H and O–H groups in total. The normalized spacial score (nSPS) is 16.4. The number of fused-ring (bicyclic) bond motifs is 2. The second-order valence-corrected chi connectivity index (χ2v) is 9.16. The van der Waals surface area contributed by atoms with E-state index in [0.717, 1.165) is 53.8 Å². The number of nitrogens with zero attached hydrogens (tertiary/aromatic N) is 1. The van der Waals surface area contributed by atoms with Crippen LogP contribution in [0.25, 0.3) is 5.70 Å². The fraction of sp³-hybridized carbons (Fsp3) is 0.241. The standard InChI is InChI=1S/C29H29N3O3/c1-35-23-11-9-20(10-12-23)19-32-27-24(29(28(32)34)14-5-6-15-29)17-21(18-26(27)33)25(13-16-30)31-22-7-3-2-4-8-22/h2-4,7-13,16-18,30-31,33H,5-6,14-15,19H2,1H3/b25-13-,30-16?. The third kappa shape index (κ3) is 4.05. The van der Waals surface area contributed by atoms with Crippen molar-refractivity contribution in [2.24, 2.45) is 0 Å². The lowest BCUT2D eigenvalue weighted by Gasteiger charge is -2.23. The number of nitrogens with one attached hydrogen (secondary N) is 2. The number of methoxy groups -OCH3 is 1. The molecule has 0 radical (unpaired) electrons. The molecule has 2 aliphatic rings. The SMILES string of the molecule is COc1ccc(CN2C(=O)C3(CCCC3)c3cc(/C(=C/C=N)Nc4ccccc4)cc(O)c32)cc1. The van der Waals surface area contributed by atoms with E-state index >= 15 is 0 Å². The minimum atomic E-state index is -0.613. The molecule has 0 bridgehead atoms. The highest BCUT2D eigenvalue weighted by Gasteiger charge is 2.53. The van der Waals surface area contributed by atoms with E-state index in [-0.39, 0.29) is 11.7 Å². The van der Waals surface area contributed by atoms with E-state index in [1.54, 1.807) is 24.2 Å². The number of hydrogen-bond acceptors (Lipinski definition) is 5. The van der Waals surface area contributed by atoms with Crippen LogP contribution >= 0.6 is 0 Å². The molecule has 178 valence electrons. The van der Waals surface area contributed by atoms with E-state index in [2.05, 4.69) is 5.32 Å². The van der Waals surface area contributed by atoms with Crippen molar-refractivity contribution in [3.63, 3.8) is 0 Å². The Kier molecular flexibility index (Phi) is 6.03. The molecule has 3 aromatic rings. The van der Waals surface area contributed by atoms with Gasteiger partial charge < -0.3 is 25.5 Å². The molecule has 0 unspecified atom stereocenters. The highest BCUT2D eigenvalue weighted by Crippen LogP contribution is 2.55. The largest absolute Gasteiger partial charge is 0.506 e. The lowest BCUT2D eigenvalue weighted by atomic mass is 9.79. The van der Waals surface area contributed by atoms with Gasteiger partial charge in [-0.05, 0) is 66.4 Å². The topological polar surface area (TPSA) is 85.7 Å². The predicted molar refractivity (Wildman–Crippen MR) is 139 cm³/mol. The monoisotopic (exact) mass is 467 g/mol. The molecule has 6 nitrogen and oxygen atoms in total. The zero-order valence-electron chi connectivity index (χ0n) is 19.8. The molecule has 1 heterocycles. The first-order valence-electron chi connectivity index (χ1n) is 11.9. The van der Waals surface area contributed by atoms with Crippen LogP contribution in [0.2, 0.25) is 0 Å². The van der Waals surface area contributed by atoms with Crippen molar-refractivity contribution >= 4 is 29.2 Å². The number of hydrogen-bond donors (Lipinski definition) is 3. The number of benzene rings is 3. The minimum absolute atomic E-state index is 0.0573. The molecule has 1 fully saturated rings. The molecule has 3 aromatic carbocycles. The smallest absolute Gasteiger partial charge is 0.238 e. The van der Waals surface area contributed by atoms with Crippen LogP contribution in [-0.2, 0) is 16.8 Å². The van der Waals surface area contributed by atoms with Gasteiger partial charge in [-0.1, -0.05) is 43.2 Å². The van der Waals surface area contributed by atoms with Crippen molar-refractivity contribution in [2.75, 3.05) is 17.3 Å². The van der Waals surface area contributed by atoms with Crippen LogP contribution < -0.4 is 15.0 Å². The fourth-order valence-electron chi connectivity index (χ4n) is 5.39. The lowest BCUT2D eigenvalue weighted by Crippen LogP contribution is -2.38. The summed E-state index contributed by atoms with van der Waals surface area (Å²) in [6, 6.07) is 21.1. The molecule has 1 spiro atoms. The maximum Gasteiger partial charge on any atom is 0.238 e. The number of ether oxygens (including phenoxy) is 1. The van der Waals surface area contributed by atoms with Crippen LogP contribution in [0.1, 0.15) is 42.4 Å². The zero-order valence-corrected chi connectivity index (χ0v) is 19.8. The third-order valence-electron chi connectivity index (χ3n) is 7.10. The number of anilines is 2. The summed E-state index contributed by atoms with van der Waals surface area (Å²) in [4.78, 5) is 15.6. The van der Waals surface area contributed by atoms with Gasteiger partial charge in [-0.3, -0.25) is 4.79 Å². The summed E-state index contributed by atoms with van der Waals surface area (Å²) in [5.41, 5.74) is 4.17. The Balaban J connectivity index is 1.57. The highest BCUT2D eigenvalue weighted by atomic mass is 16.5. The first-order chi connectivity index (χ1) is 17.1. The Morgan fingerprint density at radius 1 is 1.11 bits per heavy atom. The summed E-state index contributed by atoms with van der Waals surface area (Å²) in [6.45, 7) is 0.385. The first-order valence-corrected chi connectivity index (χ1v) is 11.9. The molecule has 35 heavy (non-hydrogen) atoms. The van der Waals surface area contributed by atoms with Crippen molar-refractivity contribution in [1.29, 1.82) is 5.41 Å². The van der Waals surface area contributed by atoms with Gasteiger partial charge >= 0.3 is 0 Å². The molecule has 1 saturated carbocycles. The first kappa shape index (κ1) is 22.7. The van der Waals surface area contributed by atoms with Crippen molar-refractivity contribution < 1.29 is 14.6 Å². The molecule has 0 atom stereocenters.